The lowest BCUT2D eigenvalue weighted by molar-refractivity contribution is -0.128. The molecule has 0 amide bonds. The van der Waals surface area contributed by atoms with Crippen molar-refractivity contribution in [3.63, 3.8) is 0 Å². The minimum Gasteiger partial charge on any atom is -0.382 e. The van der Waals surface area contributed by atoms with Crippen LogP contribution in [0, 0.1) is 17.3 Å². The van der Waals surface area contributed by atoms with E-state index in [-0.39, 0.29) is 20.9 Å². The van der Waals surface area contributed by atoms with Crippen molar-refractivity contribution < 1.29 is 9.53 Å². The predicted molar refractivity (Wildman–Crippen MR) is 118 cm³/mol. The molecule has 0 N–H and O–H groups in total. The molecule has 0 aromatic rings. The van der Waals surface area contributed by atoms with Crippen LogP contribution in [-0.4, -0.2) is 38.6 Å². The quantitative estimate of drug-likeness (QED) is 0.288. The van der Waals surface area contributed by atoms with Gasteiger partial charge in [-0.25, -0.2) is 0 Å². The monoisotopic (exact) mass is 396 g/mol. The summed E-state index contributed by atoms with van der Waals surface area (Å²) in [4.78, 5) is 12.9. The fraction of sp³-hybridized carbons (Fsp3) is 0.864. The van der Waals surface area contributed by atoms with Crippen LogP contribution in [0.1, 0.15) is 72.6 Å². The van der Waals surface area contributed by atoms with Gasteiger partial charge in [0.25, 0.3) is 0 Å². The molecule has 0 aromatic heterocycles. The van der Waals surface area contributed by atoms with Gasteiger partial charge in [-0.2, -0.15) is 11.8 Å². The highest BCUT2D eigenvalue weighted by Gasteiger charge is 2.39. The van der Waals surface area contributed by atoms with Crippen LogP contribution in [0.15, 0.2) is 12.2 Å². The standard InChI is InChI=1S/C22H40O2SSi/c1-17-10-9-12-22(3,4)21(17)19(23)16-18(2)25-14-7-8-15-26-20-11-5-6-13-24-20/h9-10,17-18,20-21H,5-8,11-16,26H2,1-4H3. The van der Waals surface area contributed by atoms with Crippen LogP contribution in [0.3, 0.4) is 0 Å². The van der Waals surface area contributed by atoms with E-state index in [1.165, 1.54) is 43.9 Å². The first kappa shape index (κ1) is 22.2. The molecule has 1 heterocycles. The number of carbonyl (C=O) groups is 1. The Morgan fingerprint density at radius 2 is 2.15 bits per heavy atom. The third-order valence-electron chi connectivity index (χ3n) is 6.13. The molecule has 0 aromatic carbocycles. The van der Waals surface area contributed by atoms with E-state index in [4.69, 9.17) is 4.74 Å². The summed E-state index contributed by atoms with van der Waals surface area (Å²) in [6.45, 7) is 9.97. The molecule has 0 saturated carbocycles. The molecule has 4 atom stereocenters. The molecular formula is C22H40O2SSi. The van der Waals surface area contributed by atoms with Gasteiger partial charge in [-0.15, -0.1) is 0 Å². The van der Waals surface area contributed by atoms with E-state index in [9.17, 15) is 4.79 Å². The normalized spacial score (nSPS) is 29.9. The van der Waals surface area contributed by atoms with Gasteiger partial charge in [0.05, 0.1) is 9.52 Å². The minimum atomic E-state index is -0.0240. The lowest BCUT2D eigenvalue weighted by Gasteiger charge is -2.39. The number of ether oxygens (including phenoxy) is 1. The van der Waals surface area contributed by atoms with E-state index in [0.717, 1.165) is 19.4 Å². The molecule has 150 valence electrons. The van der Waals surface area contributed by atoms with Crippen molar-refractivity contribution in [2.75, 3.05) is 12.4 Å². The lowest BCUT2D eigenvalue weighted by Crippen LogP contribution is -2.38. The van der Waals surface area contributed by atoms with Gasteiger partial charge in [0.1, 0.15) is 5.78 Å². The van der Waals surface area contributed by atoms with Crippen LogP contribution in [0.2, 0.25) is 6.04 Å². The van der Waals surface area contributed by atoms with Crippen LogP contribution in [0.25, 0.3) is 0 Å². The molecular weight excluding hydrogens is 356 g/mol. The number of hydrogen-bond donors (Lipinski definition) is 0. The Bertz CT molecular complexity index is 457. The van der Waals surface area contributed by atoms with E-state index in [1.54, 1.807) is 0 Å². The Morgan fingerprint density at radius 1 is 1.35 bits per heavy atom. The number of rotatable bonds is 10. The molecule has 4 unspecified atom stereocenters. The van der Waals surface area contributed by atoms with Gasteiger partial charge in [-0.3, -0.25) is 4.79 Å². The number of unbranched alkanes of at least 4 members (excludes halogenated alkanes) is 1. The van der Waals surface area contributed by atoms with E-state index in [0.29, 0.717) is 22.7 Å². The summed E-state index contributed by atoms with van der Waals surface area (Å²) in [5, 5.41) is 0.454. The molecule has 1 aliphatic carbocycles. The van der Waals surface area contributed by atoms with Gasteiger partial charge in [-0.05, 0) is 49.2 Å². The average molecular weight is 397 g/mol. The Morgan fingerprint density at radius 3 is 2.85 bits per heavy atom. The van der Waals surface area contributed by atoms with E-state index in [2.05, 4.69) is 39.8 Å². The fourth-order valence-corrected chi connectivity index (χ4v) is 7.77. The van der Waals surface area contributed by atoms with Gasteiger partial charge in [-0.1, -0.05) is 52.3 Å². The van der Waals surface area contributed by atoms with Crippen molar-refractivity contribution in [2.24, 2.45) is 17.3 Å². The Hall–Kier alpha value is -0.0631. The first-order valence-corrected chi connectivity index (χ1v) is 13.7. The topological polar surface area (TPSA) is 26.3 Å². The number of allylic oxidation sites excluding steroid dienone is 2. The van der Waals surface area contributed by atoms with Crippen molar-refractivity contribution >= 4 is 27.1 Å². The van der Waals surface area contributed by atoms with E-state index < -0.39 is 0 Å². The van der Waals surface area contributed by atoms with Gasteiger partial charge in [0, 0.05) is 29.9 Å². The highest BCUT2D eigenvalue weighted by molar-refractivity contribution is 7.99. The Labute approximate surface area is 168 Å². The molecule has 2 rings (SSSR count). The van der Waals surface area contributed by atoms with Gasteiger partial charge < -0.3 is 4.74 Å². The van der Waals surface area contributed by atoms with Gasteiger partial charge in [0.15, 0.2) is 0 Å². The summed E-state index contributed by atoms with van der Waals surface area (Å²) in [6, 6.07) is 1.43. The summed E-state index contributed by atoms with van der Waals surface area (Å²) in [7, 11) is -0.0240. The highest BCUT2D eigenvalue weighted by atomic mass is 32.2. The number of hydrogen-bond acceptors (Lipinski definition) is 3. The van der Waals surface area contributed by atoms with Crippen molar-refractivity contribution in [1.82, 2.24) is 0 Å². The SMILES string of the molecule is CC(CC(=O)C1C(C)C=CCC1(C)C)SCCCC[SiH2]C1CCCCO1. The first-order valence-electron chi connectivity index (χ1n) is 10.8. The summed E-state index contributed by atoms with van der Waals surface area (Å²) in [5.41, 5.74) is 0.782. The van der Waals surface area contributed by atoms with Crippen LogP contribution >= 0.6 is 11.8 Å². The zero-order chi connectivity index (χ0) is 19.0. The fourth-order valence-electron chi connectivity index (χ4n) is 4.70. The van der Waals surface area contributed by atoms with Crippen LogP contribution in [0.5, 0.6) is 0 Å². The number of thioether (sulfide) groups is 1. The van der Waals surface area contributed by atoms with Crippen LogP contribution < -0.4 is 0 Å². The first-order chi connectivity index (χ1) is 12.4. The van der Waals surface area contributed by atoms with Crippen LogP contribution in [0.4, 0.5) is 0 Å². The van der Waals surface area contributed by atoms with Gasteiger partial charge in [0.2, 0.25) is 0 Å². The zero-order valence-electron chi connectivity index (χ0n) is 17.5. The summed E-state index contributed by atoms with van der Waals surface area (Å²) >= 11 is 2.00. The molecule has 2 aliphatic rings. The third kappa shape index (κ3) is 7.16. The molecule has 0 bridgehead atoms. The predicted octanol–water partition coefficient (Wildman–Crippen LogP) is 5.20. The van der Waals surface area contributed by atoms with Crippen LogP contribution in [-0.2, 0) is 9.53 Å². The maximum absolute atomic E-state index is 12.9. The Kier molecular flexibility index (Phi) is 9.46. The molecule has 1 aliphatic heterocycles. The average Bonchev–Trinajstić information content (AvgIpc) is 2.58. The van der Waals surface area contributed by atoms with Crippen molar-refractivity contribution in [3.8, 4) is 0 Å². The van der Waals surface area contributed by atoms with Crippen molar-refractivity contribution in [1.29, 1.82) is 0 Å². The smallest absolute Gasteiger partial charge is 0.138 e. The lowest BCUT2D eigenvalue weighted by atomic mass is 9.65. The zero-order valence-corrected chi connectivity index (χ0v) is 19.7. The molecule has 26 heavy (non-hydrogen) atoms. The minimum absolute atomic E-state index is 0.0240. The molecule has 1 fully saturated rings. The second kappa shape index (κ2) is 11.1. The van der Waals surface area contributed by atoms with Crippen molar-refractivity contribution in [2.45, 2.75) is 89.7 Å². The number of Topliss-reactive ketones (excluding diaryl/α,β-unsaturated/α-hetero) is 1. The van der Waals surface area contributed by atoms with E-state index in [1.807, 2.05) is 11.8 Å². The molecule has 2 nitrogen and oxygen atoms in total. The maximum Gasteiger partial charge on any atom is 0.138 e. The maximum atomic E-state index is 12.9. The summed E-state index contributed by atoms with van der Waals surface area (Å²) < 4.78 is 5.86. The Balaban J connectivity index is 1.58. The largest absolute Gasteiger partial charge is 0.382 e. The molecule has 0 radical (unpaired) electrons. The second-order valence-electron chi connectivity index (χ2n) is 9.15. The summed E-state index contributed by atoms with van der Waals surface area (Å²) in [5.74, 6) is 2.26. The third-order valence-corrected chi connectivity index (χ3v) is 9.59. The number of carbonyl (C=O) groups excluding carboxylic acids is 1. The van der Waals surface area contributed by atoms with Crippen molar-refractivity contribution in [3.05, 3.63) is 12.2 Å². The van der Waals surface area contributed by atoms with E-state index >= 15 is 0 Å². The molecule has 4 heteroatoms. The second-order valence-corrected chi connectivity index (χ2v) is 12.9. The molecule has 1 saturated heterocycles. The molecule has 0 spiro atoms. The summed E-state index contributed by atoms with van der Waals surface area (Å²) in [6.07, 6.45) is 12.9. The van der Waals surface area contributed by atoms with Gasteiger partial charge >= 0.3 is 0 Å². The number of ketones is 1. The highest BCUT2D eigenvalue weighted by Crippen LogP contribution is 2.42.